The molecule has 4 aromatic rings. The highest BCUT2D eigenvalue weighted by Crippen LogP contribution is 2.34. The molecule has 3 amide bonds. The maximum absolute atomic E-state index is 13.6. The Balaban J connectivity index is 1.67. The quantitative estimate of drug-likeness (QED) is 0.469. The maximum Gasteiger partial charge on any atom is 0.322 e. The standard InChI is InChI=1S/C21H15FN4O3/c22-15-5-3-13-10-26(18(27)16(13)9-15)11-21(19(28)24-20(29)25-21)14-4-6-17-12(8-14)2-1-7-23-17/h1-10,27H,11H2,(H2,24,25,28,29). The van der Waals surface area contributed by atoms with Crippen molar-refractivity contribution in [2.24, 2.45) is 0 Å². The molecule has 29 heavy (non-hydrogen) atoms. The number of hydrogen-bond acceptors (Lipinski definition) is 4. The van der Waals surface area contributed by atoms with Gasteiger partial charge in [-0.05, 0) is 42.0 Å². The van der Waals surface area contributed by atoms with E-state index in [-0.39, 0.29) is 12.4 Å². The van der Waals surface area contributed by atoms with Gasteiger partial charge in [-0.3, -0.25) is 15.1 Å². The van der Waals surface area contributed by atoms with E-state index in [4.69, 9.17) is 0 Å². The number of pyridine rings is 1. The number of aromatic nitrogens is 2. The zero-order valence-electron chi connectivity index (χ0n) is 15.0. The highest BCUT2D eigenvalue weighted by atomic mass is 19.1. The molecule has 0 aliphatic carbocycles. The summed E-state index contributed by atoms with van der Waals surface area (Å²) in [4.78, 5) is 29.2. The van der Waals surface area contributed by atoms with Gasteiger partial charge < -0.3 is 15.0 Å². The van der Waals surface area contributed by atoms with Crippen molar-refractivity contribution >= 4 is 33.6 Å². The third-order valence-electron chi connectivity index (χ3n) is 5.27. The first-order chi connectivity index (χ1) is 14.0. The summed E-state index contributed by atoms with van der Waals surface area (Å²) in [5, 5.41) is 17.3. The Bertz CT molecular complexity index is 1320. The highest BCUT2D eigenvalue weighted by molar-refractivity contribution is 6.07. The van der Waals surface area contributed by atoms with E-state index in [1.807, 2.05) is 6.07 Å². The molecule has 1 unspecified atom stereocenters. The number of carbonyl (C=O) groups is 2. The zero-order chi connectivity index (χ0) is 20.2. The average Bonchev–Trinajstić information content (AvgIpc) is 3.17. The number of halogens is 1. The molecule has 1 aliphatic rings. The number of benzene rings is 2. The third-order valence-corrected chi connectivity index (χ3v) is 5.27. The van der Waals surface area contributed by atoms with Crippen LogP contribution in [0.25, 0.3) is 21.7 Å². The Morgan fingerprint density at radius 2 is 1.97 bits per heavy atom. The van der Waals surface area contributed by atoms with Gasteiger partial charge in [0.1, 0.15) is 5.82 Å². The maximum atomic E-state index is 13.6. The van der Waals surface area contributed by atoms with Gasteiger partial charge in [0.25, 0.3) is 5.91 Å². The molecule has 2 aromatic heterocycles. The van der Waals surface area contributed by atoms with Crippen molar-refractivity contribution in [2.75, 3.05) is 0 Å². The molecule has 3 N–H and O–H groups in total. The Hall–Kier alpha value is -3.94. The van der Waals surface area contributed by atoms with Crippen molar-refractivity contribution in [1.29, 1.82) is 0 Å². The lowest BCUT2D eigenvalue weighted by atomic mass is 9.88. The van der Waals surface area contributed by atoms with Gasteiger partial charge in [0.15, 0.2) is 11.4 Å². The van der Waals surface area contributed by atoms with Crippen LogP contribution in [0.1, 0.15) is 5.56 Å². The van der Waals surface area contributed by atoms with Crippen LogP contribution in [0.3, 0.4) is 0 Å². The lowest BCUT2D eigenvalue weighted by molar-refractivity contribution is -0.124. The molecule has 0 bridgehead atoms. The lowest BCUT2D eigenvalue weighted by Gasteiger charge is -2.27. The van der Waals surface area contributed by atoms with E-state index >= 15 is 0 Å². The minimum Gasteiger partial charge on any atom is -0.494 e. The Labute approximate surface area is 163 Å². The van der Waals surface area contributed by atoms with Gasteiger partial charge in [-0.2, -0.15) is 0 Å². The van der Waals surface area contributed by atoms with Crippen molar-refractivity contribution in [3.8, 4) is 5.88 Å². The smallest absolute Gasteiger partial charge is 0.322 e. The van der Waals surface area contributed by atoms with Crippen LogP contribution in [-0.4, -0.2) is 26.6 Å². The third kappa shape index (κ3) is 2.60. The van der Waals surface area contributed by atoms with Crippen LogP contribution in [-0.2, 0) is 16.9 Å². The molecule has 2 aromatic carbocycles. The summed E-state index contributed by atoms with van der Waals surface area (Å²) in [5.41, 5.74) is -0.141. The van der Waals surface area contributed by atoms with E-state index in [2.05, 4.69) is 15.6 Å². The van der Waals surface area contributed by atoms with Gasteiger partial charge in [-0.25, -0.2) is 9.18 Å². The van der Waals surface area contributed by atoms with E-state index < -0.39 is 23.3 Å². The fourth-order valence-electron chi connectivity index (χ4n) is 3.83. The van der Waals surface area contributed by atoms with Gasteiger partial charge in [-0.1, -0.05) is 12.1 Å². The normalized spacial score (nSPS) is 18.9. The van der Waals surface area contributed by atoms with E-state index in [9.17, 15) is 19.1 Å². The SMILES string of the molecule is O=C1NC(=O)C(Cn2cc3ccc(F)cc3c2O)(c2ccc3ncccc3c2)N1. The zero-order valence-corrected chi connectivity index (χ0v) is 15.0. The largest absolute Gasteiger partial charge is 0.494 e. The Morgan fingerprint density at radius 1 is 1.10 bits per heavy atom. The minimum absolute atomic E-state index is 0.0710. The number of nitrogens with one attached hydrogen (secondary N) is 2. The monoisotopic (exact) mass is 390 g/mol. The summed E-state index contributed by atoms with van der Waals surface area (Å²) in [6.07, 6.45) is 3.29. The first kappa shape index (κ1) is 17.2. The van der Waals surface area contributed by atoms with Crippen molar-refractivity contribution in [2.45, 2.75) is 12.1 Å². The Morgan fingerprint density at radius 3 is 2.76 bits per heavy atom. The number of hydrogen-bond donors (Lipinski definition) is 3. The van der Waals surface area contributed by atoms with E-state index in [1.165, 1.54) is 16.7 Å². The van der Waals surface area contributed by atoms with Gasteiger partial charge in [0.05, 0.1) is 12.1 Å². The van der Waals surface area contributed by atoms with Gasteiger partial charge in [0.2, 0.25) is 0 Å². The van der Waals surface area contributed by atoms with Crippen molar-refractivity contribution in [1.82, 2.24) is 20.2 Å². The van der Waals surface area contributed by atoms with E-state index in [1.54, 1.807) is 42.7 Å². The first-order valence-electron chi connectivity index (χ1n) is 8.92. The fraction of sp³-hybridized carbons (Fsp3) is 0.0952. The molecule has 8 heteroatoms. The average molecular weight is 390 g/mol. The Kier molecular flexibility index (Phi) is 3.57. The van der Waals surface area contributed by atoms with Crippen LogP contribution in [0.5, 0.6) is 5.88 Å². The number of rotatable bonds is 3. The number of nitrogens with zero attached hydrogens (tertiary/aromatic N) is 2. The topological polar surface area (TPSA) is 96.2 Å². The lowest BCUT2D eigenvalue weighted by Crippen LogP contribution is -2.47. The van der Waals surface area contributed by atoms with Crippen LogP contribution in [0.15, 0.2) is 60.9 Å². The van der Waals surface area contributed by atoms with Crippen molar-refractivity contribution in [3.63, 3.8) is 0 Å². The van der Waals surface area contributed by atoms with Gasteiger partial charge in [-0.15, -0.1) is 0 Å². The van der Waals surface area contributed by atoms with Crippen LogP contribution in [0, 0.1) is 5.82 Å². The predicted octanol–water partition coefficient (Wildman–Crippen LogP) is 2.77. The molecule has 1 aliphatic heterocycles. The van der Waals surface area contributed by atoms with Crippen molar-refractivity contribution in [3.05, 3.63) is 72.3 Å². The molecular formula is C21H15FN4O3. The highest BCUT2D eigenvalue weighted by Gasteiger charge is 2.48. The molecule has 7 nitrogen and oxygen atoms in total. The molecule has 1 atom stereocenters. The summed E-state index contributed by atoms with van der Waals surface area (Å²) in [6, 6.07) is 12.4. The summed E-state index contributed by atoms with van der Waals surface area (Å²) < 4.78 is 15.0. The van der Waals surface area contributed by atoms with Crippen LogP contribution >= 0.6 is 0 Å². The predicted molar refractivity (Wildman–Crippen MR) is 104 cm³/mol. The van der Waals surface area contributed by atoms with Crippen LogP contribution in [0.2, 0.25) is 0 Å². The molecule has 0 saturated carbocycles. The molecule has 5 rings (SSSR count). The number of urea groups is 1. The molecule has 1 fully saturated rings. The van der Waals surface area contributed by atoms with Gasteiger partial charge in [0, 0.05) is 28.6 Å². The number of aromatic hydroxyl groups is 1. The summed E-state index contributed by atoms with van der Waals surface area (Å²) >= 11 is 0. The van der Waals surface area contributed by atoms with Crippen LogP contribution in [0.4, 0.5) is 9.18 Å². The van der Waals surface area contributed by atoms with E-state index in [0.29, 0.717) is 16.3 Å². The summed E-state index contributed by atoms with van der Waals surface area (Å²) in [5.74, 6) is -1.20. The fourth-order valence-corrected chi connectivity index (χ4v) is 3.83. The first-order valence-corrected chi connectivity index (χ1v) is 8.92. The number of fused-ring (bicyclic) bond motifs is 2. The van der Waals surface area contributed by atoms with Gasteiger partial charge >= 0.3 is 6.03 Å². The molecule has 0 radical (unpaired) electrons. The minimum atomic E-state index is -1.44. The molecule has 0 spiro atoms. The van der Waals surface area contributed by atoms with E-state index in [0.717, 1.165) is 10.9 Å². The number of carbonyl (C=O) groups excluding carboxylic acids is 2. The second-order valence-corrected chi connectivity index (χ2v) is 7.04. The molecule has 144 valence electrons. The second-order valence-electron chi connectivity index (χ2n) is 7.04. The number of amides is 3. The molecule has 3 heterocycles. The molecular weight excluding hydrogens is 375 g/mol. The van der Waals surface area contributed by atoms with Crippen molar-refractivity contribution < 1.29 is 19.1 Å². The molecule has 1 saturated heterocycles. The summed E-state index contributed by atoms with van der Waals surface area (Å²) in [6.45, 7) is -0.0710. The number of imide groups is 1. The second kappa shape index (κ2) is 6.03. The van der Waals surface area contributed by atoms with Crippen LogP contribution < -0.4 is 10.6 Å². The summed E-state index contributed by atoms with van der Waals surface area (Å²) in [7, 11) is 0.